The van der Waals surface area contributed by atoms with Crippen LogP contribution < -0.4 is 0 Å². The van der Waals surface area contributed by atoms with E-state index in [0.29, 0.717) is 12.8 Å². The van der Waals surface area contributed by atoms with Crippen molar-refractivity contribution in [1.29, 1.82) is 0 Å². The van der Waals surface area contributed by atoms with Crippen molar-refractivity contribution >= 4 is 5.97 Å². The molecule has 1 unspecified atom stereocenters. The highest BCUT2D eigenvalue weighted by atomic mass is 19.3. The first kappa shape index (κ1) is 15.3. The van der Waals surface area contributed by atoms with E-state index in [1.807, 2.05) is 27.7 Å². The van der Waals surface area contributed by atoms with Crippen LogP contribution in [0.25, 0.3) is 0 Å². The molecule has 0 amide bonds. The van der Waals surface area contributed by atoms with Crippen molar-refractivity contribution in [3.05, 3.63) is 0 Å². The van der Waals surface area contributed by atoms with Gasteiger partial charge in [0, 0.05) is 11.6 Å². The van der Waals surface area contributed by atoms with Gasteiger partial charge in [0.2, 0.25) is 0 Å². The predicted octanol–water partition coefficient (Wildman–Crippen LogP) is 2.84. The quantitative estimate of drug-likeness (QED) is 0.733. The van der Waals surface area contributed by atoms with Crippen molar-refractivity contribution in [2.24, 2.45) is 0 Å². The normalized spacial score (nSPS) is 26.4. The number of alkyl halides is 2. The van der Waals surface area contributed by atoms with Gasteiger partial charge in [-0.15, -0.1) is 0 Å². The number of nitrogens with zero attached hydrogens (tertiary/aromatic N) is 1. The van der Waals surface area contributed by atoms with E-state index in [0.717, 1.165) is 0 Å². The molecule has 1 aliphatic heterocycles. The van der Waals surface area contributed by atoms with E-state index in [9.17, 15) is 13.6 Å². The summed E-state index contributed by atoms with van der Waals surface area (Å²) in [5, 5.41) is 0. The van der Waals surface area contributed by atoms with Gasteiger partial charge in [0.25, 0.3) is 0 Å². The number of hydrogen-bond acceptors (Lipinski definition) is 3. The van der Waals surface area contributed by atoms with Crippen molar-refractivity contribution in [2.45, 2.75) is 71.0 Å². The molecule has 0 aromatic rings. The van der Waals surface area contributed by atoms with Gasteiger partial charge >= 0.3 is 11.9 Å². The fourth-order valence-corrected chi connectivity index (χ4v) is 2.83. The lowest BCUT2D eigenvalue weighted by Crippen LogP contribution is -2.57. The Balaban J connectivity index is 2.97. The number of hydrogen-bond donors (Lipinski definition) is 0. The largest absolute Gasteiger partial charge is 0.462 e. The van der Waals surface area contributed by atoms with Crippen molar-refractivity contribution in [3.63, 3.8) is 0 Å². The van der Waals surface area contributed by atoms with Crippen LogP contribution in [-0.4, -0.2) is 41.0 Å². The first-order valence-corrected chi connectivity index (χ1v) is 6.45. The van der Waals surface area contributed by atoms with Gasteiger partial charge in [0.15, 0.2) is 0 Å². The molecular weight excluding hydrogens is 240 g/mol. The molecule has 1 saturated heterocycles. The van der Waals surface area contributed by atoms with Gasteiger partial charge in [-0.05, 0) is 47.5 Å². The first-order chi connectivity index (χ1) is 8.12. The van der Waals surface area contributed by atoms with E-state index >= 15 is 0 Å². The van der Waals surface area contributed by atoms with E-state index in [1.54, 1.807) is 4.90 Å². The molecule has 1 aliphatic rings. The molecule has 106 valence electrons. The average molecular weight is 263 g/mol. The highest BCUT2D eigenvalue weighted by Crippen LogP contribution is 2.39. The third kappa shape index (κ3) is 2.82. The highest BCUT2D eigenvalue weighted by molar-refractivity contribution is 5.78. The van der Waals surface area contributed by atoms with Crippen LogP contribution in [0.3, 0.4) is 0 Å². The van der Waals surface area contributed by atoms with E-state index in [1.165, 1.54) is 6.92 Å². The minimum atomic E-state index is -3.44. The summed E-state index contributed by atoms with van der Waals surface area (Å²) >= 11 is 0. The molecule has 0 bridgehead atoms. The van der Waals surface area contributed by atoms with Crippen molar-refractivity contribution in [1.82, 2.24) is 4.90 Å². The van der Waals surface area contributed by atoms with Crippen molar-refractivity contribution < 1.29 is 18.3 Å². The minimum absolute atomic E-state index is 0.0216. The standard InChI is InChI=1S/C13H23F2NO2/c1-6-18-11(17)13(14,15)10-8-7-9(2)16(10)12(3,4)5/h9-10H,6-8H2,1-5H3/t9-,10?/m1/s1. The monoisotopic (exact) mass is 263 g/mol. The Labute approximate surface area is 107 Å². The van der Waals surface area contributed by atoms with E-state index in [2.05, 4.69) is 4.74 Å². The fourth-order valence-electron chi connectivity index (χ4n) is 2.83. The molecule has 0 radical (unpaired) electrons. The lowest BCUT2D eigenvalue weighted by molar-refractivity contribution is -0.184. The maximum atomic E-state index is 14.1. The highest BCUT2D eigenvalue weighted by Gasteiger charge is 2.56. The summed E-state index contributed by atoms with van der Waals surface area (Å²) in [5.74, 6) is -4.84. The molecule has 0 saturated carbocycles. The molecule has 1 rings (SSSR count). The third-order valence-corrected chi connectivity index (χ3v) is 3.41. The van der Waals surface area contributed by atoms with E-state index in [4.69, 9.17) is 0 Å². The van der Waals surface area contributed by atoms with Crippen LogP contribution in [0.1, 0.15) is 47.5 Å². The molecule has 0 N–H and O–H groups in total. The minimum Gasteiger partial charge on any atom is -0.462 e. The van der Waals surface area contributed by atoms with Crippen molar-refractivity contribution in [2.75, 3.05) is 6.61 Å². The topological polar surface area (TPSA) is 29.5 Å². The first-order valence-electron chi connectivity index (χ1n) is 6.45. The van der Waals surface area contributed by atoms with Gasteiger partial charge in [-0.25, -0.2) is 4.79 Å². The number of likely N-dealkylation sites (tertiary alicyclic amines) is 1. The van der Waals surface area contributed by atoms with Crippen LogP contribution in [0.2, 0.25) is 0 Å². The fraction of sp³-hybridized carbons (Fsp3) is 0.923. The van der Waals surface area contributed by atoms with Gasteiger partial charge in [0.1, 0.15) is 0 Å². The molecule has 2 atom stereocenters. The summed E-state index contributed by atoms with van der Waals surface area (Å²) in [6.45, 7) is 9.11. The molecular formula is C13H23F2NO2. The Kier molecular flexibility index (Phi) is 4.36. The molecule has 0 spiro atoms. The smallest absolute Gasteiger partial charge is 0.378 e. The second kappa shape index (κ2) is 5.11. The molecule has 18 heavy (non-hydrogen) atoms. The summed E-state index contributed by atoms with van der Waals surface area (Å²) in [4.78, 5) is 13.2. The van der Waals surface area contributed by atoms with Gasteiger partial charge in [-0.1, -0.05) is 0 Å². The lowest BCUT2D eigenvalue weighted by Gasteiger charge is -2.42. The Morgan fingerprint density at radius 3 is 2.33 bits per heavy atom. The molecule has 5 heteroatoms. The third-order valence-electron chi connectivity index (χ3n) is 3.41. The summed E-state index contributed by atoms with van der Waals surface area (Å²) in [5.41, 5.74) is -0.392. The maximum Gasteiger partial charge on any atom is 0.378 e. The number of carbonyl (C=O) groups is 1. The van der Waals surface area contributed by atoms with Crippen LogP contribution in [0.4, 0.5) is 8.78 Å². The summed E-state index contributed by atoms with van der Waals surface area (Å²) in [6.07, 6.45) is 1.00. The summed E-state index contributed by atoms with van der Waals surface area (Å²) in [7, 11) is 0. The second-order valence-corrected chi connectivity index (χ2v) is 5.86. The van der Waals surface area contributed by atoms with Crippen LogP contribution in [0, 0.1) is 0 Å². The lowest BCUT2D eigenvalue weighted by atomic mass is 10.00. The zero-order valence-corrected chi connectivity index (χ0v) is 11.8. The van der Waals surface area contributed by atoms with Gasteiger partial charge in [-0.3, -0.25) is 4.90 Å². The summed E-state index contributed by atoms with van der Waals surface area (Å²) in [6, 6.07) is -1.01. The van der Waals surface area contributed by atoms with Crippen LogP contribution in [0.5, 0.6) is 0 Å². The molecule has 0 aromatic heterocycles. The number of carbonyl (C=O) groups excluding carboxylic acids is 1. The molecule has 0 aromatic carbocycles. The Morgan fingerprint density at radius 1 is 1.33 bits per heavy atom. The zero-order chi connectivity index (χ0) is 14.1. The van der Waals surface area contributed by atoms with E-state index < -0.39 is 23.5 Å². The molecule has 3 nitrogen and oxygen atoms in total. The SMILES string of the molecule is CCOC(=O)C(F)(F)C1CC[C@@H](C)N1C(C)(C)C. The molecule has 1 heterocycles. The Morgan fingerprint density at radius 2 is 1.89 bits per heavy atom. The maximum absolute atomic E-state index is 14.1. The van der Waals surface area contributed by atoms with Crippen LogP contribution >= 0.6 is 0 Å². The predicted molar refractivity (Wildman–Crippen MR) is 65.7 cm³/mol. The van der Waals surface area contributed by atoms with Crippen LogP contribution in [0.15, 0.2) is 0 Å². The van der Waals surface area contributed by atoms with Crippen molar-refractivity contribution in [3.8, 4) is 0 Å². The molecule has 1 fully saturated rings. The number of esters is 1. The average Bonchev–Trinajstić information content (AvgIpc) is 2.60. The molecule has 0 aliphatic carbocycles. The number of ether oxygens (including phenoxy) is 1. The summed E-state index contributed by atoms with van der Waals surface area (Å²) < 4.78 is 32.8. The number of rotatable bonds is 3. The second-order valence-electron chi connectivity index (χ2n) is 5.86. The van der Waals surface area contributed by atoms with Gasteiger partial charge < -0.3 is 4.74 Å². The van der Waals surface area contributed by atoms with Gasteiger partial charge in [-0.2, -0.15) is 8.78 Å². The van der Waals surface area contributed by atoms with Crippen LogP contribution in [-0.2, 0) is 9.53 Å². The Hall–Kier alpha value is -0.710. The Bertz CT molecular complexity index is 313. The van der Waals surface area contributed by atoms with Gasteiger partial charge in [0.05, 0.1) is 12.6 Å². The van der Waals surface area contributed by atoms with E-state index in [-0.39, 0.29) is 12.6 Å². The zero-order valence-electron chi connectivity index (χ0n) is 11.8. The number of halogens is 2.